The van der Waals surface area contributed by atoms with Crippen molar-refractivity contribution in [2.45, 2.75) is 64.0 Å². The molecule has 0 aliphatic heterocycles. The van der Waals surface area contributed by atoms with Crippen LogP contribution in [-0.2, 0) is 56.6 Å². The highest BCUT2D eigenvalue weighted by Gasteiger charge is 2.53. The van der Waals surface area contributed by atoms with Crippen molar-refractivity contribution in [2.24, 2.45) is 5.92 Å². The van der Waals surface area contributed by atoms with Gasteiger partial charge in [0.05, 0.1) is 51.0 Å². The number of benzene rings is 6. The molecule has 1 aliphatic rings. The van der Waals surface area contributed by atoms with E-state index in [0.29, 0.717) is 37.9 Å². The number of hydrogen-bond donors (Lipinski definition) is 0. The van der Waals surface area contributed by atoms with Crippen LogP contribution < -0.4 is 0 Å². The average Bonchev–Trinajstić information content (AvgIpc) is 3.23. The molecule has 1 saturated carbocycles. The number of Topliss-reactive ketones (excluding diaryl/α,β-unsaturated/α-hetero) is 1. The molecule has 280 valence electrons. The van der Waals surface area contributed by atoms with Gasteiger partial charge in [-0.2, -0.15) is 0 Å². The molecule has 6 heteroatoms. The van der Waals surface area contributed by atoms with Crippen molar-refractivity contribution in [3.8, 4) is 0 Å². The lowest BCUT2D eigenvalue weighted by atomic mass is 9.71. The van der Waals surface area contributed by atoms with Gasteiger partial charge in [-0.15, -0.1) is 0 Å². The predicted molar refractivity (Wildman–Crippen MR) is 218 cm³/mol. The van der Waals surface area contributed by atoms with Crippen molar-refractivity contribution in [3.05, 3.63) is 213 Å². The highest BCUT2D eigenvalue weighted by molar-refractivity contribution is 6.31. The Kier molecular flexibility index (Phi) is 13.4. The van der Waals surface area contributed by atoms with Crippen LogP contribution in [0.4, 0.5) is 0 Å². The third-order valence-electron chi connectivity index (χ3n) is 10.3. The van der Waals surface area contributed by atoms with E-state index in [9.17, 15) is 0 Å². The largest absolute Gasteiger partial charge is 0.376 e. The summed E-state index contributed by atoms with van der Waals surface area (Å²) >= 11 is 6.87. The second-order valence-corrected chi connectivity index (χ2v) is 14.7. The Labute approximate surface area is 329 Å². The molecule has 0 heterocycles. The monoisotopic (exact) mass is 750 g/mol. The van der Waals surface area contributed by atoms with E-state index in [4.69, 9.17) is 30.5 Å². The molecule has 6 aromatic rings. The van der Waals surface area contributed by atoms with Crippen molar-refractivity contribution in [1.29, 1.82) is 0 Å². The molecule has 0 N–H and O–H groups in total. The van der Waals surface area contributed by atoms with Gasteiger partial charge in [0, 0.05) is 5.02 Å². The van der Waals surface area contributed by atoms with Crippen molar-refractivity contribution < 1.29 is 23.7 Å². The zero-order chi connectivity index (χ0) is 37.8. The summed E-state index contributed by atoms with van der Waals surface area (Å²) in [4.78, 5) is 15.3. The van der Waals surface area contributed by atoms with E-state index < -0.39 is 30.1 Å². The van der Waals surface area contributed by atoms with Crippen molar-refractivity contribution in [2.75, 3.05) is 6.61 Å². The summed E-state index contributed by atoms with van der Waals surface area (Å²) < 4.78 is 27.1. The highest BCUT2D eigenvalue weighted by atomic mass is 35.5. The molecule has 0 radical (unpaired) electrons. The summed E-state index contributed by atoms with van der Waals surface area (Å²) in [6, 6.07) is 54.6. The standard InChI is InChI=1S/C49H47ClO5/c1-35-22-24-36(25-23-35)28-42-29-41(26-27-44(42)50)45-46(51)43(34-52-30-37-14-6-2-7-15-37)47(53-31-38-16-8-3-9-17-38)49(55-33-40-20-12-5-13-21-40)48(45)54-32-39-18-10-4-11-19-39/h2-27,29,43,45,47-49H,28,30-34H2,1H3. The zero-order valence-electron chi connectivity index (χ0n) is 31.1. The molecule has 6 aromatic carbocycles. The number of aryl methyl sites for hydroxylation is 1. The van der Waals surface area contributed by atoms with Crippen LogP contribution in [-0.4, -0.2) is 30.7 Å². The minimum absolute atomic E-state index is 0.00708. The summed E-state index contributed by atoms with van der Waals surface area (Å²) in [6.45, 7) is 3.52. The van der Waals surface area contributed by atoms with Gasteiger partial charge in [0.2, 0.25) is 0 Å². The van der Waals surface area contributed by atoms with Crippen LogP contribution >= 0.6 is 11.6 Å². The summed E-state index contributed by atoms with van der Waals surface area (Å²) in [6.07, 6.45) is -1.35. The van der Waals surface area contributed by atoms with Gasteiger partial charge < -0.3 is 18.9 Å². The van der Waals surface area contributed by atoms with Crippen LogP contribution in [0.2, 0.25) is 5.02 Å². The smallest absolute Gasteiger partial charge is 0.151 e. The Morgan fingerprint density at radius 2 is 0.982 bits per heavy atom. The molecule has 0 bridgehead atoms. The number of carbonyl (C=O) groups is 1. The van der Waals surface area contributed by atoms with Gasteiger partial charge in [0.15, 0.2) is 5.78 Å². The minimum atomic E-state index is -0.684. The number of ether oxygens (including phenoxy) is 4. The summed E-state index contributed by atoms with van der Waals surface area (Å²) in [5, 5.41) is 0.651. The van der Waals surface area contributed by atoms with Crippen LogP contribution in [0.3, 0.4) is 0 Å². The number of carbonyl (C=O) groups excluding carboxylic acids is 1. The van der Waals surface area contributed by atoms with E-state index in [2.05, 4.69) is 37.3 Å². The summed E-state index contributed by atoms with van der Waals surface area (Å²) in [5.41, 5.74) is 8.16. The van der Waals surface area contributed by atoms with Crippen LogP contribution in [0.25, 0.3) is 0 Å². The molecule has 1 aliphatic carbocycles. The maximum Gasteiger partial charge on any atom is 0.151 e. The fourth-order valence-electron chi connectivity index (χ4n) is 7.31. The second-order valence-electron chi connectivity index (χ2n) is 14.3. The SMILES string of the molecule is Cc1ccc(Cc2cc(C3C(=O)C(COCc4ccccc4)C(OCc4ccccc4)C(OCc4ccccc4)C3OCc3ccccc3)ccc2Cl)cc1. The number of rotatable bonds is 16. The number of ketones is 1. The van der Waals surface area contributed by atoms with E-state index >= 15 is 4.79 Å². The molecule has 5 unspecified atom stereocenters. The van der Waals surface area contributed by atoms with Gasteiger partial charge in [-0.3, -0.25) is 4.79 Å². The van der Waals surface area contributed by atoms with E-state index in [1.807, 2.05) is 133 Å². The van der Waals surface area contributed by atoms with Crippen molar-refractivity contribution in [3.63, 3.8) is 0 Å². The first kappa shape index (κ1) is 38.4. The van der Waals surface area contributed by atoms with E-state index in [1.54, 1.807) is 0 Å². The summed E-state index contributed by atoms with van der Waals surface area (Å²) in [7, 11) is 0. The maximum atomic E-state index is 15.3. The van der Waals surface area contributed by atoms with Crippen LogP contribution in [0.5, 0.6) is 0 Å². The van der Waals surface area contributed by atoms with E-state index in [0.717, 1.165) is 38.9 Å². The van der Waals surface area contributed by atoms with Gasteiger partial charge in [-0.05, 0) is 58.4 Å². The van der Waals surface area contributed by atoms with Crippen molar-refractivity contribution in [1.82, 2.24) is 0 Å². The Hall–Kier alpha value is -4.88. The predicted octanol–water partition coefficient (Wildman–Crippen LogP) is 10.5. The van der Waals surface area contributed by atoms with Gasteiger partial charge in [-0.25, -0.2) is 0 Å². The highest BCUT2D eigenvalue weighted by Crippen LogP contribution is 2.41. The molecule has 5 atom stereocenters. The first-order chi connectivity index (χ1) is 27.0. The van der Waals surface area contributed by atoms with Crippen LogP contribution in [0, 0.1) is 12.8 Å². The molecule has 0 amide bonds. The molecule has 0 aromatic heterocycles. The lowest BCUT2D eigenvalue weighted by molar-refractivity contribution is -0.200. The normalized spacial score (nSPS) is 19.7. The average molecular weight is 751 g/mol. The molecule has 5 nitrogen and oxygen atoms in total. The van der Waals surface area contributed by atoms with Crippen LogP contribution in [0.1, 0.15) is 50.4 Å². The quantitative estimate of drug-likeness (QED) is 0.0986. The van der Waals surface area contributed by atoms with Gasteiger partial charge in [0.1, 0.15) is 12.2 Å². The lowest BCUT2D eigenvalue weighted by Crippen LogP contribution is -2.59. The first-order valence-electron chi connectivity index (χ1n) is 19.0. The molecular weight excluding hydrogens is 704 g/mol. The molecular formula is C49H47ClO5. The first-order valence-corrected chi connectivity index (χ1v) is 19.4. The van der Waals surface area contributed by atoms with Gasteiger partial charge in [-0.1, -0.05) is 175 Å². The lowest BCUT2D eigenvalue weighted by Gasteiger charge is -2.45. The fourth-order valence-corrected chi connectivity index (χ4v) is 7.49. The molecule has 0 spiro atoms. The Bertz CT molecular complexity index is 2070. The second kappa shape index (κ2) is 19.1. The third-order valence-corrected chi connectivity index (χ3v) is 10.6. The Morgan fingerprint density at radius 3 is 1.51 bits per heavy atom. The van der Waals surface area contributed by atoms with E-state index in [1.165, 1.54) is 5.56 Å². The topological polar surface area (TPSA) is 54.0 Å². The molecule has 55 heavy (non-hydrogen) atoms. The molecule has 7 rings (SSSR count). The number of halogens is 1. The van der Waals surface area contributed by atoms with Gasteiger partial charge >= 0.3 is 0 Å². The van der Waals surface area contributed by atoms with Gasteiger partial charge in [0.25, 0.3) is 0 Å². The Morgan fingerprint density at radius 1 is 0.509 bits per heavy atom. The summed E-state index contributed by atoms with van der Waals surface area (Å²) in [5.74, 6) is -1.33. The van der Waals surface area contributed by atoms with Crippen molar-refractivity contribution >= 4 is 17.4 Å². The zero-order valence-corrected chi connectivity index (χ0v) is 31.9. The van der Waals surface area contributed by atoms with E-state index in [-0.39, 0.29) is 12.4 Å². The third kappa shape index (κ3) is 10.3. The van der Waals surface area contributed by atoms with Crippen LogP contribution in [0.15, 0.2) is 164 Å². The number of hydrogen-bond acceptors (Lipinski definition) is 5. The molecule has 1 fully saturated rings. The fraction of sp³-hybridized carbons (Fsp3) is 0.245. The Balaban J connectivity index is 1.29. The molecule has 0 saturated heterocycles. The maximum absolute atomic E-state index is 15.3. The minimum Gasteiger partial charge on any atom is -0.376 e.